The molecule has 4 nitrogen and oxygen atoms in total. The highest BCUT2D eigenvalue weighted by Crippen LogP contribution is 2.33. The minimum Gasteiger partial charge on any atom is -0.504 e. The Balaban J connectivity index is 2.54. The van der Waals surface area contributed by atoms with Crippen molar-refractivity contribution in [3.05, 3.63) is 36.4 Å². The normalized spacial score (nSPS) is 10.2. The van der Waals surface area contributed by atoms with E-state index in [9.17, 15) is 10.2 Å². The number of hydrogen-bond donors (Lipinski definition) is 4. The van der Waals surface area contributed by atoms with Crippen LogP contribution in [0.4, 0.5) is 11.4 Å². The number of hydrogen-bond acceptors (Lipinski definition) is 4. The molecule has 0 amide bonds. The summed E-state index contributed by atoms with van der Waals surface area (Å²) in [6.45, 7) is 0. The molecule has 0 aromatic heterocycles. The zero-order valence-electron chi connectivity index (χ0n) is 8.51. The first-order valence-corrected chi connectivity index (χ1v) is 4.75. The molecule has 0 bridgehead atoms. The predicted octanol–water partition coefficient (Wildman–Crippen LogP) is 1.93. The van der Waals surface area contributed by atoms with Crippen LogP contribution in [-0.4, -0.2) is 10.2 Å². The van der Waals surface area contributed by atoms with Crippen molar-refractivity contribution in [3.63, 3.8) is 0 Å². The third-order valence-corrected chi connectivity index (χ3v) is 2.36. The highest BCUT2D eigenvalue weighted by atomic mass is 16.3. The third-order valence-electron chi connectivity index (χ3n) is 2.36. The Morgan fingerprint density at radius 3 is 2.19 bits per heavy atom. The van der Waals surface area contributed by atoms with Gasteiger partial charge in [0, 0.05) is 16.9 Å². The summed E-state index contributed by atoms with van der Waals surface area (Å²) in [4.78, 5) is 0. The van der Waals surface area contributed by atoms with Gasteiger partial charge in [-0.05, 0) is 29.8 Å². The molecule has 2 aromatic carbocycles. The first-order chi connectivity index (χ1) is 7.58. The van der Waals surface area contributed by atoms with Gasteiger partial charge < -0.3 is 21.7 Å². The molecule has 0 spiro atoms. The fourth-order valence-corrected chi connectivity index (χ4v) is 1.54. The summed E-state index contributed by atoms with van der Waals surface area (Å²) in [6.07, 6.45) is 0. The molecule has 82 valence electrons. The van der Waals surface area contributed by atoms with Crippen LogP contribution in [0.15, 0.2) is 36.4 Å². The van der Waals surface area contributed by atoms with Gasteiger partial charge >= 0.3 is 0 Å². The van der Waals surface area contributed by atoms with Gasteiger partial charge in [0.15, 0.2) is 11.5 Å². The molecule has 6 N–H and O–H groups in total. The Morgan fingerprint density at radius 2 is 1.56 bits per heavy atom. The summed E-state index contributed by atoms with van der Waals surface area (Å²) in [5, 5.41) is 18.6. The molecule has 0 aliphatic carbocycles. The van der Waals surface area contributed by atoms with Crippen molar-refractivity contribution in [2.75, 3.05) is 11.5 Å². The average molecular weight is 216 g/mol. The van der Waals surface area contributed by atoms with Gasteiger partial charge in [-0.3, -0.25) is 0 Å². The summed E-state index contributed by atoms with van der Waals surface area (Å²) in [6, 6.07) is 9.71. The Morgan fingerprint density at radius 1 is 0.812 bits per heavy atom. The molecular formula is C12H12N2O2. The van der Waals surface area contributed by atoms with Gasteiger partial charge in [-0.1, -0.05) is 12.1 Å². The number of nitrogen functional groups attached to an aromatic ring is 2. The lowest BCUT2D eigenvalue weighted by molar-refractivity contribution is 0.404. The molecule has 0 atom stereocenters. The summed E-state index contributed by atoms with van der Waals surface area (Å²) < 4.78 is 0. The number of phenols is 2. The van der Waals surface area contributed by atoms with E-state index in [1.807, 2.05) is 0 Å². The van der Waals surface area contributed by atoms with E-state index in [1.165, 1.54) is 12.1 Å². The van der Waals surface area contributed by atoms with E-state index >= 15 is 0 Å². The van der Waals surface area contributed by atoms with E-state index in [4.69, 9.17) is 11.5 Å². The molecule has 2 aromatic rings. The Hall–Kier alpha value is -2.36. The molecule has 0 heterocycles. The summed E-state index contributed by atoms with van der Waals surface area (Å²) in [5.41, 5.74) is 14.0. The van der Waals surface area contributed by atoms with Crippen LogP contribution in [0.25, 0.3) is 11.1 Å². The zero-order chi connectivity index (χ0) is 11.7. The number of aromatic hydroxyl groups is 2. The van der Waals surface area contributed by atoms with Crippen molar-refractivity contribution < 1.29 is 10.2 Å². The highest BCUT2D eigenvalue weighted by Gasteiger charge is 2.06. The van der Waals surface area contributed by atoms with E-state index in [1.54, 1.807) is 24.3 Å². The third kappa shape index (κ3) is 1.72. The number of rotatable bonds is 1. The molecule has 0 unspecified atom stereocenters. The molecule has 0 aliphatic rings. The smallest absolute Gasteiger partial charge is 0.158 e. The van der Waals surface area contributed by atoms with Crippen LogP contribution in [0.3, 0.4) is 0 Å². The maximum absolute atomic E-state index is 9.39. The molecule has 16 heavy (non-hydrogen) atoms. The van der Waals surface area contributed by atoms with Gasteiger partial charge in [0.05, 0.1) is 0 Å². The maximum atomic E-state index is 9.39. The largest absolute Gasteiger partial charge is 0.504 e. The van der Waals surface area contributed by atoms with Gasteiger partial charge in [-0.2, -0.15) is 0 Å². The quantitative estimate of drug-likeness (QED) is 0.433. The second kappa shape index (κ2) is 3.66. The first kappa shape index (κ1) is 10.2. The van der Waals surface area contributed by atoms with E-state index in [-0.39, 0.29) is 11.5 Å². The van der Waals surface area contributed by atoms with Crippen LogP contribution in [0.1, 0.15) is 0 Å². The zero-order valence-corrected chi connectivity index (χ0v) is 8.51. The lowest BCUT2D eigenvalue weighted by Crippen LogP contribution is -1.92. The molecule has 0 aliphatic heterocycles. The monoisotopic (exact) mass is 216 g/mol. The van der Waals surface area contributed by atoms with E-state index < -0.39 is 0 Å². The fourth-order valence-electron chi connectivity index (χ4n) is 1.54. The van der Waals surface area contributed by atoms with Crippen LogP contribution in [0, 0.1) is 0 Å². The summed E-state index contributed by atoms with van der Waals surface area (Å²) in [7, 11) is 0. The summed E-state index contributed by atoms with van der Waals surface area (Å²) >= 11 is 0. The molecule has 2 rings (SSSR count). The van der Waals surface area contributed by atoms with Crippen molar-refractivity contribution in [2.24, 2.45) is 0 Å². The van der Waals surface area contributed by atoms with Crippen LogP contribution in [-0.2, 0) is 0 Å². The van der Waals surface area contributed by atoms with Crippen LogP contribution in [0.2, 0.25) is 0 Å². The Labute approximate surface area is 92.8 Å². The first-order valence-electron chi connectivity index (χ1n) is 4.75. The van der Waals surface area contributed by atoms with E-state index in [0.29, 0.717) is 11.4 Å². The van der Waals surface area contributed by atoms with Gasteiger partial charge in [0.2, 0.25) is 0 Å². The molecule has 0 saturated carbocycles. The number of phenolic OH excluding ortho intramolecular Hbond substituents is 2. The highest BCUT2D eigenvalue weighted by molar-refractivity contribution is 5.79. The Bertz CT molecular complexity index is 539. The molecule has 0 saturated heterocycles. The summed E-state index contributed by atoms with van der Waals surface area (Å²) in [5.74, 6) is -0.327. The molecular weight excluding hydrogens is 204 g/mol. The standard InChI is InChI=1S/C12H12N2O2/c13-8-2-3-9(10(14)6-8)7-1-4-11(15)12(16)5-7/h1-6,15-16H,13-14H2. The van der Waals surface area contributed by atoms with E-state index in [2.05, 4.69) is 0 Å². The van der Waals surface area contributed by atoms with Gasteiger partial charge in [-0.25, -0.2) is 0 Å². The van der Waals surface area contributed by atoms with Gasteiger partial charge in [-0.15, -0.1) is 0 Å². The fraction of sp³-hybridized carbons (Fsp3) is 0. The van der Waals surface area contributed by atoms with Crippen molar-refractivity contribution in [2.45, 2.75) is 0 Å². The number of nitrogens with two attached hydrogens (primary N) is 2. The van der Waals surface area contributed by atoms with Crippen molar-refractivity contribution in [1.82, 2.24) is 0 Å². The number of benzene rings is 2. The maximum Gasteiger partial charge on any atom is 0.158 e. The topological polar surface area (TPSA) is 92.5 Å². The molecule has 4 heteroatoms. The van der Waals surface area contributed by atoms with Crippen LogP contribution >= 0.6 is 0 Å². The SMILES string of the molecule is Nc1ccc(-c2ccc(O)c(O)c2)c(N)c1. The molecule has 0 fully saturated rings. The predicted molar refractivity (Wildman–Crippen MR) is 64.0 cm³/mol. The van der Waals surface area contributed by atoms with Gasteiger partial charge in [0.25, 0.3) is 0 Å². The lowest BCUT2D eigenvalue weighted by Gasteiger charge is -2.07. The minimum atomic E-state index is -0.172. The molecule has 0 radical (unpaired) electrons. The van der Waals surface area contributed by atoms with Crippen molar-refractivity contribution >= 4 is 11.4 Å². The second-order valence-corrected chi connectivity index (χ2v) is 3.55. The second-order valence-electron chi connectivity index (χ2n) is 3.55. The minimum absolute atomic E-state index is 0.155. The Kier molecular flexibility index (Phi) is 2.32. The van der Waals surface area contributed by atoms with Crippen LogP contribution in [0.5, 0.6) is 11.5 Å². The van der Waals surface area contributed by atoms with E-state index in [0.717, 1.165) is 11.1 Å². The number of anilines is 2. The van der Waals surface area contributed by atoms with Crippen LogP contribution < -0.4 is 11.5 Å². The average Bonchev–Trinajstić information content (AvgIpc) is 2.22. The van der Waals surface area contributed by atoms with Crippen molar-refractivity contribution in [3.8, 4) is 22.6 Å². The van der Waals surface area contributed by atoms with Gasteiger partial charge in [0.1, 0.15) is 0 Å². The van der Waals surface area contributed by atoms with Crippen molar-refractivity contribution in [1.29, 1.82) is 0 Å². The lowest BCUT2D eigenvalue weighted by atomic mass is 10.0.